The van der Waals surface area contributed by atoms with E-state index in [2.05, 4.69) is 13.8 Å². The summed E-state index contributed by atoms with van der Waals surface area (Å²) in [5.41, 5.74) is 0.433. The highest BCUT2D eigenvalue weighted by Gasteiger charge is 2.60. The van der Waals surface area contributed by atoms with E-state index in [-0.39, 0.29) is 5.41 Å². The van der Waals surface area contributed by atoms with Crippen LogP contribution in [0, 0.1) is 40.4 Å². The molecule has 4 rings (SSSR count). The van der Waals surface area contributed by atoms with Gasteiger partial charge in [0.05, 0.1) is 0 Å². The summed E-state index contributed by atoms with van der Waals surface area (Å²) in [5.74, 6) is 4.25. The van der Waals surface area contributed by atoms with Crippen molar-refractivity contribution in [3.8, 4) is 0 Å². The number of Topliss-reactive ketones (excluding diaryl/α,β-unsaturated/α-hetero) is 2. The minimum Gasteiger partial charge on any atom is -0.300 e. The predicted molar refractivity (Wildman–Crippen MR) is 90.9 cm³/mol. The normalized spacial score (nSPS) is 52.5. The Labute approximate surface area is 140 Å². The van der Waals surface area contributed by atoms with E-state index in [1.807, 2.05) is 0 Å². The van der Waals surface area contributed by atoms with Crippen molar-refractivity contribution >= 4 is 11.6 Å². The van der Waals surface area contributed by atoms with E-state index >= 15 is 0 Å². The number of rotatable bonds is 1. The Hall–Kier alpha value is -0.660. The molecule has 2 heteroatoms. The molecule has 23 heavy (non-hydrogen) atoms. The third kappa shape index (κ3) is 2.12. The highest BCUT2D eigenvalue weighted by atomic mass is 16.1. The molecule has 0 amide bonds. The molecule has 0 radical (unpaired) electrons. The molecule has 0 spiro atoms. The van der Waals surface area contributed by atoms with Crippen molar-refractivity contribution in [3.05, 3.63) is 0 Å². The average Bonchev–Trinajstić information content (AvgIpc) is 2.82. The molecule has 7 atom stereocenters. The molecule has 0 heterocycles. The molecule has 0 aliphatic heterocycles. The van der Waals surface area contributed by atoms with Crippen molar-refractivity contribution in [1.29, 1.82) is 0 Å². The third-order valence-corrected chi connectivity index (χ3v) is 8.95. The van der Waals surface area contributed by atoms with Gasteiger partial charge in [-0.15, -0.1) is 0 Å². The second-order valence-corrected chi connectivity index (χ2v) is 9.66. The van der Waals surface area contributed by atoms with Gasteiger partial charge in [-0.3, -0.25) is 9.59 Å². The minimum atomic E-state index is 0.000942. The highest BCUT2D eigenvalue weighted by Crippen LogP contribution is 2.65. The van der Waals surface area contributed by atoms with Crippen LogP contribution in [0.2, 0.25) is 0 Å². The van der Waals surface area contributed by atoms with E-state index in [0.717, 1.165) is 49.9 Å². The zero-order valence-electron chi connectivity index (χ0n) is 15.1. The lowest BCUT2D eigenvalue weighted by Crippen LogP contribution is -2.53. The smallest absolute Gasteiger partial charge is 0.139 e. The second kappa shape index (κ2) is 5.17. The summed E-state index contributed by atoms with van der Waals surface area (Å²) in [6.45, 7) is 6.59. The number of hydrogen-bond acceptors (Lipinski definition) is 2. The molecule has 0 aromatic rings. The lowest BCUT2D eigenvalue weighted by atomic mass is 9.44. The molecule has 0 aromatic carbocycles. The van der Waals surface area contributed by atoms with Crippen LogP contribution in [-0.2, 0) is 9.59 Å². The zero-order chi connectivity index (χ0) is 16.4. The fourth-order valence-electron chi connectivity index (χ4n) is 7.40. The fourth-order valence-corrected chi connectivity index (χ4v) is 7.40. The molecular weight excluding hydrogens is 284 g/mol. The molecule has 4 aliphatic rings. The molecule has 4 saturated carbocycles. The first kappa shape index (κ1) is 15.8. The SMILES string of the molecule is CC(=O)[C@H]1CC[C@@]2(C)[C@@H](CC[C@H]3[C@H]2CC[C@@]2(C)C(=O)CC[C@H]32)C1. The molecule has 2 nitrogen and oxygen atoms in total. The Morgan fingerprint density at radius 1 is 1.00 bits per heavy atom. The Balaban J connectivity index is 1.59. The van der Waals surface area contributed by atoms with Crippen molar-refractivity contribution in [3.63, 3.8) is 0 Å². The maximum absolute atomic E-state index is 12.4. The summed E-state index contributed by atoms with van der Waals surface area (Å²) in [7, 11) is 0. The molecule has 128 valence electrons. The van der Waals surface area contributed by atoms with Gasteiger partial charge in [-0.25, -0.2) is 0 Å². The summed E-state index contributed by atoms with van der Waals surface area (Å²) in [4.78, 5) is 24.3. The van der Waals surface area contributed by atoms with Crippen LogP contribution in [-0.4, -0.2) is 11.6 Å². The molecule has 4 fully saturated rings. The van der Waals surface area contributed by atoms with Crippen molar-refractivity contribution in [2.45, 2.75) is 78.6 Å². The van der Waals surface area contributed by atoms with E-state index in [9.17, 15) is 9.59 Å². The second-order valence-electron chi connectivity index (χ2n) is 9.66. The average molecular weight is 316 g/mol. The Kier molecular flexibility index (Phi) is 3.56. The quantitative estimate of drug-likeness (QED) is 0.696. The Morgan fingerprint density at radius 2 is 1.78 bits per heavy atom. The summed E-state index contributed by atoms with van der Waals surface area (Å²) in [5, 5.41) is 0. The third-order valence-electron chi connectivity index (χ3n) is 8.95. The molecule has 0 bridgehead atoms. The number of hydrogen-bond donors (Lipinski definition) is 0. The standard InChI is InChI=1S/C21H32O2/c1-13(22)14-8-10-20(2)15(12-14)4-5-16-17-6-7-19(23)21(17,3)11-9-18(16)20/h14-18H,4-12H2,1-3H3/t14-,15-,16+,17+,18+,20-,21+/m0/s1. The summed E-state index contributed by atoms with van der Waals surface area (Å²) in [6.07, 6.45) is 10.4. The number of carbonyl (C=O) groups excluding carboxylic acids is 2. The van der Waals surface area contributed by atoms with Gasteiger partial charge in [-0.1, -0.05) is 13.8 Å². The first-order chi connectivity index (χ1) is 10.9. The molecule has 0 N–H and O–H groups in total. The van der Waals surface area contributed by atoms with Crippen LogP contribution in [0.3, 0.4) is 0 Å². The fraction of sp³-hybridized carbons (Fsp3) is 0.905. The number of ketones is 2. The van der Waals surface area contributed by atoms with Crippen molar-refractivity contribution in [2.24, 2.45) is 40.4 Å². The van der Waals surface area contributed by atoms with Gasteiger partial charge in [-0.2, -0.15) is 0 Å². The summed E-state index contributed by atoms with van der Waals surface area (Å²) >= 11 is 0. The van der Waals surface area contributed by atoms with Gasteiger partial charge < -0.3 is 0 Å². The van der Waals surface area contributed by atoms with E-state index < -0.39 is 0 Å². The highest BCUT2D eigenvalue weighted by molar-refractivity contribution is 5.87. The van der Waals surface area contributed by atoms with Gasteiger partial charge in [0.2, 0.25) is 0 Å². The topological polar surface area (TPSA) is 34.1 Å². The van der Waals surface area contributed by atoms with Gasteiger partial charge in [-0.05, 0) is 87.4 Å². The first-order valence-corrected chi connectivity index (χ1v) is 9.90. The van der Waals surface area contributed by atoms with Crippen LogP contribution in [0.15, 0.2) is 0 Å². The predicted octanol–water partition coefficient (Wildman–Crippen LogP) is 4.80. The summed E-state index contributed by atoms with van der Waals surface area (Å²) in [6, 6.07) is 0. The van der Waals surface area contributed by atoms with Crippen LogP contribution < -0.4 is 0 Å². The van der Waals surface area contributed by atoms with E-state index in [1.165, 1.54) is 25.7 Å². The van der Waals surface area contributed by atoms with E-state index in [0.29, 0.717) is 28.8 Å². The van der Waals surface area contributed by atoms with Gasteiger partial charge in [0.15, 0.2) is 0 Å². The lowest BCUT2D eigenvalue weighted by molar-refractivity contribution is -0.143. The minimum absolute atomic E-state index is 0.000942. The van der Waals surface area contributed by atoms with Gasteiger partial charge >= 0.3 is 0 Å². The van der Waals surface area contributed by atoms with Crippen molar-refractivity contribution in [1.82, 2.24) is 0 Å². The Morgan fingerprint density at radius 3 is 2.52 bits per heavy atom. The first-order valence-electron chi connectivity index (χ1n) is 9.90. The van der Waals surface area contributed by atoms with Crippen LogP contribution in [0.1, 0.15) is 78.6 Å². The number of carbonyl (C=O) groups is 2. The molecule has 0 aromatic heterocycles. The molecule has 4 aliphatic carbocycles. The van der Waals surface area contributed by atoms with Crippen LogP contribution >= 0.6 is 0 Å². The molecule has 0 saturated heterocycles. The maximum Gasteiger partial charge on any atom is 0.139 e. The molecular formula is C21H32O2. The van der Waals surface area contributed by atoms with Crippen LogP contribution in [0.5, 0.6) is 0 Å². The largest absolute Gasteiger partial charge is 0.300 e. The summed E-state index contributed by atoms with van der Waals surface area (Å²) < 4.78 is 0. The van der Waals surface area contributed by atoms with Gasteiger partial charge in [0, 0.05) is 17.8 Å². The maximum atomic E-state index is 12.4. The van der Waals surface area contributed by atoms with Gasteiger partial charge in [0.25, 0.3) is 0 Å². The van der Waals surface area contributed by atoms with E-state index in [4.69, 9.17) is 0 Å². The van der Waals surface area contributed by atoms with E-state index in [1.54, 1.807) is 6.92 Å². The zero-order valence-corrected chi connectivity index (χ0v) is 15.1. The van der Waals surface area contributed by atoms with Crippen LogP contribution in [0.25, 0.3) is 0 Å². The Bertz CT molecular complexity index is 538. The van der Waals surface area contributed by atoms with Crippen molar-refractivity contribution < 1.29 is 9.59 Å². The van der Waals surface area contributed by atoms with Gasteiger partial charge in [0.1, 0.15) is 11.6 Å². The van der Waals surface area contributed by atoms with Crippen LogP contribution in [0.4, 0.5) is 0 Å². The van der Waals surface area contributed by atoms with Crippen molar-refractivity contribution in [2.75, 3.05) is 0 Å². The number of fused-ring (bicyclic) bond motifs is 5. The monoisotopic (exact) mass is 316 g/mol. The molecule has 0 unspecified atom stereocenters. The lowest BCUT2D eigenvalue weighted by Gasteiger charge is -2.60.